The van der Waals surface area contributed by atoms with E-state index in [1.807, 2.05) is 0 Å². The molecule has 0 aliphatic carbocycles. The van der Waals surface area contributed by atoms with Crippen LogP contribution in [0.1, 0.15) is 26.0 Å². The van der Waals surface area contributed by atoms with Gasteiger partial charge in [-0.05, 0) is 13.3 Å². The van der Waals surface area contributed by atoms with Crippen LogP contribution in [0.3, 0.4) is 0 Å². The first kappa shape index (κ1) is 20.4. The number of ether oxygens (including phenoxy) is 3. The second-order valence-electron chi connectivity index (χ2n) is 6.38. The van der Waals surface area contributed by atoms with E-state index in [1.165, 1.54) is 19.8 Å². The van der Waals surface area contributed by atoms with Crippen LogP contribution in [-0.2, 0) is 19.0 Å². The molecule has 1 fully saturated rings. The SMILES string of the molecule is CCOC(=O)CCCNc1ncnc2c1ncn2[C@@H]1O[C@H](COC)[C@@H](O)[C@H]1O. The van der Waals surface area contributed by atoms with Gasteiger partial charge in [0.1, 0.15) is 24.6 Å². The van der Waals surface area contributed by atoms with Crippen LogP contribution < -0.4 is 5.32 Å². The lowest BCUT2D eigenvalue weighted by Crippen LogP contribution is -2.33. The van der Waals surface area contributed by atoms with E-state index < -0.39 is 24.5 Å². The molecule has 11 heteroatoms. The highest BCUT2D eigenvalue weighted by molar-refractivity contribution is 5.82. The van der Waals surface area contributed by atoms with Gasteiger partial charge < -0.3 is 29.7 Å². The fourth-order valence-corrected chi connectivity index (χ4v) is 3.10. The van der Waals surface area contributed by atoms with Gasteiger partial charge in [-0.2, -0.15) is 0 Å². The number of hydrogen-bond donors (Lipinski definition) is 3. The number of nitrogens with one attached hydrogen (secondary N) is 1. The molecule has 0 aromatic carbocycles. The summed E-state index contributed by atoms with van der Waals surface area (Å²) in [4.78, 5) is 24.1. The Labute approximate surface area is 161 Å². The van der Waals surface area contributed by atoms with Crippen molar-refractivity contribution in [3.05, 3.63) is 12.7 Å². The van der Waals surface area contributed by atoms with Crippen molar-refractivity contribution >= 4 is 23.0 Å². The lowest BCUT2D eigenvalue weighted by molar-refractivity contribution is -0.143. The molecule has 0 unspecified atom stereocenters. The average Bonchev–Trinajstić information content (AvgIpc) is 3.23. The van der Waals surface area contributed by atoms with E-state index in [-0.39, 0.29) is 12.6 Å². The summed E-state index contributed by atoms with van der Waals surface area (Å²) in [6, 6.07) is 0. The molecule has 0 amide bonds. The van der Waals surface area contributed by atoms with Crippen molar-refractivity contribution in [3.8, 4) is 0 Å². The molecule has 0 saturated carbocycles. The van der Waals surface area contributed by atoms with Crippen LogP contribution >= 0.6 is 0 Å². The van der Waals surface area contributed by atoms with Crippen molar-refractivity contribution < 1.29 is 29.2 Å². The van der Waals surface area contributed by atoms with E-state index in [1.54, 1.807) is 11.5 Å². The number of aliphatic hydroxyl groups is 2. The number of hydrogen-bond acceptors (Lipinski definition) is 10. The Morgan fingerprint density at radius 1 is 1.32 bits per heavy atom. The van der Waals surface area contributed by atoms with Gasteiger partial charge in [0.2, 0.25) is 0 Å². The van der Waals surface area contributed by atoms with Crippen LogP contribution in [0.5, 0.6) is 0 Å². The van der Waals surface area contributed by atoms with Gasteiger partial charge in [-0.15, -0.1) is 0 Å². The molecule has 1 saturated heterocycles. The van der Waals surface area contributed by atoms with Gasteiger partial charge in [0.05, 0.1) is 19.5 Å². The summed E-state index contributed by atoms with van der Waals surface area (Å²) >= 11 is 0. The minimum atomic E-state index is -1.14. The standard InChI is InChI=1S/C17H25N5O6/c1-3-27-11(23)5-4-6-18-15-12-16(20-8-19-15)22(9-21-12)17-14(25)13(24)10(28-17)7-26-2/h8-10,13-14,17,24-25H,3-7H2,1-2H3,(H,18,19,20)/t10-,13-,14-,17-/m1/s1. The van der Waals surface area contributed by atoms with Crippen LogP contribution in [0, 0.1) is 0 Å². The predicted molar refractivity (Wildman–Crippen MR) is 97.5 cm³/mol. The number of methoxy groups -OCH3 is 1. The molecule has 28 heavy (non-hydrogen) atoms. The number of fused-ring (bicyclic) bond motifs is 1. The average molecular weight is 395 g/mol. The third-order valence-corrected chi connectivity index (χ3v) is 4.46. The molecule has 0 bridgehead atoms. The Morgan fingerprint density at radius 3 is 2.89 bits per heavy atom. The van der Waals surface area contributed by atoms with Crippen molar-refractivity contribution in [2.45, 2.75) is 44.3 Å². The molecule has 1 aliphatic rings. The largest absolute Gasteiger partial charge is 0.466 e. The molecular formula is C17H25N5O6. The normalized spacial score (nSPS) is 24.6. The molecular weight excluding hydrogens is 370 g/mol. The van der Waals surface area contributed by atoms with E-state index in [0.717, 1.165) is 0 Å². The van der Waals surface area contributed by atoms with E-state index in [2.05, 4.69) is 20.3 Å². The molecule has 154 valence electrons. The molecule has 3 N–H and O–H groups in total. The second-order valence-corrected chi connectivity index (χ2v) is 6.38. The third-order valence-electron chi connectivity index (χ3n) is 4.46. The van der Waals surface area contributed by atoms with Gasteiger partial charge in [-0.25, -0.2) is 15.0 Å². The molecule has 3 rings (SSSR count). The third kappa shape index (κ3) is 4.22. The number of nitrogens with zero attached hydrogens (tertiary/aromatic N) is 4. The number of carbonyl (C=O) groups excluding carboxylic acids is 1. The highest BCUT2D eigenvalue weighted by Gasteiger charge is 2.44. The van der Waals surface area contributed by atoms with Crippen molar-refractivity contribution in [3.63, 3.8) is 0 Å². The van der Waals surface area contributed by atoms with E-state index >= 15 is 0 Å². The Hall–Kier alpha value is -2.34. The number of esters is 1. The monoisotopic (exact) mass is 395 g/mol. The highest BCUT2D eigenvalue weighted by atomic mass is 16.6. The van der Waals surface area contributed by atoms with Gasteiger partial charge in [-0.1, -0.05) is 0 Å². The molecule has 1 aliphatic heterocycles. The van der Waals surface area contributed by atoms with Crippen LogP contribution in [0.2, 0.25) is 0 Å². The minimum Gasteiger partial charge on any atom is -0.466 e. The van der Waals surface area contributed by atoms with E-state index in [9.17, 15) is 15.0 Å². The fraction of sp³-hybridized carbons (Fsp3) is 0.647. The lowest BCUT2D eigenvalue weighted by atomic mass is 10.1. The quantitative estimate of drug-likeness (QED) is 0.387. The predicted octanol–water partition coefficient (Wildman–Crippen LogP) is -0.153. The lowest BCUT2D eigenvalue weighted by Gasteiger charge is -2.16. The number of anilines is 1. The van der Waals surface area contributed by atoms with Crippen LogP contribution in [0.4, 0.5) is 5.82 Å². The molecule has 3 heterocycles. The Morgan fingerprint density at radius 2 is 2.14 bits per heavy atom. The summed E-state index contributed by atoms with van der Waals surface area (Å²) in [6.45, 7) is 2.80. The summed E-state index contributed by atoms with van der Waals surface area (Å²) in [7, 11) is 1.50. The zero-order valence-electron chi connectivity index (χ0n) is 15.8. The smallest absolute Gasteiger partial charge is 0.305 e. The fourth-order valence-electron chi connectivity index (χ4n) is 3.10. The molecule has 0 radical (unpaired) electrons. The minimum absolute atomic E-state index is 0.156. The molecule has 11 nitrogen and oxygen atoms in total. The van der Waals surface area contributed by atoms with Gasteiger partial charge in [0, 0.05) is 20.1 Å². The first-order valence-electron chi connectivity index (χ1n) is 9.14. The maximum absolute atomic E-state index is 11.4. The second kappa shape index (κ2) is 9.24. The van der Waals surface area contributed by atoms with Gasteiger partial charge in [0.25, 0.3) is 0 Å². The van der Waals surface area contributed by atoms with Crippen molar-refractivity contribution in [2.75, 3.05) is 32.2 Å². The Balaban J connectivity index is 1.70. The van der Waals surface area contributed by atoms with Gasteiger partial charge in [0.15, 0.2) is 23.2 Å². The number of carbonyl (C=O) groups is 1. The van der Waals surface area contributed by atoms with Gasteiger partial charge >= 0.3 is 5.97 Å². The summed E-state index contributed by atoms with van der Waals surface area (Å²) < 4.78 is 17.2. The van der Waals surface area contributed by atoms with Gasteiger partial charge in [-0.3, -0.25) is 9.36 Å². The first-order valence-corrected chi connectivity index (χ1v) is 9.14. The van der Waals surface area contributed by atoms with Crippen molar-refractivity contribution in [1.82, 2.24) is 19.5 Å². The Bertz CT molecular complexity index is 799. The number of aromatic nitrogens is 4. The van der Waals surface area contributed by atoms with Crippen LogP contribution in [0.15, 0.2) is 12.7 Å². The highest BCUT2D eigenvalue weighted by Crippen LogP contribution is 2.32. The van der Waals surface area contributed by atoms with Crippen molar-refractivity contribution in [2.24, 2.45) is 0 Å². The summed E-state index contributed by atoms with van der Waals surface area (Å²) in [5, 5.41) is 23.6. The van der Waals surface area contributed by atoms with Crippen LogP contribution in [0.25, 0.3) is 11.2 Å². The molecule has 2 aromatic rings. The zero-order chi connectivity index (χ0) is 20.1. The zero-order valence-corrected chi connectivity index (χ0v) is 15.8. The van der Waals surface area contributed by atoms with Crippen molar-refractivity contribution in [1.29, 1.82) is 0 Å². The number of imidazole rings is 1. The topological polar surface area (TPSA) is 141 Å². The Kier molecular flexibility index (Phi) is 6.73. The molecule has 0 spiro atoms. The number of rotatable bonds is 9. The maximum Gasteiger partial charge on any atom is 0.305 e. The first-order chi connectivity index (χ1) is 13.6. The summed E-state index contributed by atoms with van der Waals surface area (Å²) in [6.07, 6.45) is 0.0390. The maximum atomic E-state index is 11.4. The van der Waals surface area contributed by atoms with Crippen LogP contribution in [-0.4, -0.2) is 80.9 Å². The molecule has 4 atom stereocenters. The number of aliphatic hydroxyl groups excluding tert-OH is 2. The van der Waals surface area contributed by atoms with E-state index in [4.69, 9.17) is 14.2 Å². The molecule has 2 aromatic heterocycles. The summed E-state index contributed by atoms with van der Waals surface area (Å²) in [5.74, 6) is 0.270. The summed E-state index contributed by atoms with van der Waals surface area (Å²) in [5.41, 5.74) is 0.955. The van der Waals surface area contributed by atoms with E-state index in [0.29, 0.717) is 43.0 Å².